The molecular formula is C16H11BrF4N4O. The van der Waals surface area contributed by atoms with E-state index in [0.29, 0.717) is 5.70 Å². The number of fused-ring (bicyclic) bond motifs is 1. The summed E-state index contributed by atoms with van der Waals surface area (Å²) < 4.78 is 54.0. The predicted octanol–water partition coefficient (Wildman–Crippen LogP) is 4.67. The number of aromatic nitrogens is 2. The van der Waals surface area contributed by atoms with Gasteiger partial charge in [0.15, 0.2) is 0 Å². The minimum atomic E-state index is -4.65. The van der Waals surface area contributed by atoms with Gasteiger partial charge in [0, 0.05) is 10.2 Å². The maximum absolute atomic E-state index is 13.2. The molecule has 1 aromatic heterocycles. The van der Waals surface area contributed by atoms with E-state index in [2.05, 4.69) is 38.2 Å². The van der Waals surface area contributed by atoms with Gasteiger partial charge in [-0.15, -0.1) is 0 Å². The number of carbonyl (C=O) groups excluding carboxylic acids is 1. The first-order valence-corrected chi connectivity index (χ1v) is 7.99. The zero-order chi connectivity index (χ0) is 19.1. The normalized spacial score (nSPS) is 13.7. The Hall–Kier alpha value is -2.62. The second-order valence-corrected chi connectivity index (χ2v) is 6.30. The largest absolute Gasteiger partial charge is 0.418 e. The molecule has 1 aromatic carbocycles. The van der Waals surface area contributed by atoms with E-state index in [1.165, 1.54) is 12.1 Å². The summed E-state index contributed by atoms with van der Waals surface area (Å²) in [6.07, 6.45) is -2.09. The van der Waals surface area contributed by atoms with Crippen molar-refractivity contribution in [3.8, 4) is 0 Å². The Balaban J connectivity index is 1.96. The van der Waals surface area contributed by atoms with E-state index in [4.69, 9.17) is 0 Å². The molecule has 0 spiro atoms. The second-order valence-electron chi connectivity index (χ2n) is 5.38. The highest BCUT2D eigenvalue weighted by Gasteiger charge is 2.34. The topological polar surface area (TPSA) is 59.0 Å². The van der Waals surface area contributed by atoms with Crippen molar-refractivity contribution in [2.75, 3.05) is 17.3 Å². The van der Waals surface area contributed by atoms with Crippen molar-refractivity contribution in [2.45, 2.75) is 6.18 Å². The van der Waals surface area contributed by atoms with Crippen LogP contribution < -0.4 is 10.6 Å². The average Bonchev–Trinajstić information content (AvgIpc) is 2.98. The van der Waals surface area contributed by atoms with E-state index >= 15 is 0 Å². The highest BCUT2D eigenvalue weighted by atomic mass is 79.9. The van der Waals surface area contributed by atoms with Crippen LogP contribution in [0, 0.1) is 0 Å². The van der Waals surface area contributed by atoms with E-state index in [1.54, 1.807) is 0 Å². The number of amides is 1. The summed E-state index contributed by atoms with van der Waals surface area (Å²) in [5, 5.41) is 8.90. The van der Waals surface area contributed by atoms with E-state index in [9.17, 15) is 22.4 Å². The van der Waals surface area contributed by atoms with Gasteiger partial charge in [-0.25, -0.2) is 9.07 Å². The molecule has 0 radical (unpaired) electrons. The molecule has 26 heavy (non-hydrogen) atoms. The molecule has 2 N–H and O–H groups in total. The molecule has 3 rings (SSSR count). The van der Waals surface area contributed by atoms with Crippen molar-refractivity contribution in [3.63, 3.8) is 0 Å². The van der Waals surface area contributed by atoms with Gasteiger partial charge in [0.1, 0.15) is 18.1 Å². The van der Waals surface area contributed by atoms with Crippen LogP contribution in [0.1, 0.15) is 15.9 Å². The number of halogens is 5. The monoisotopic (exact) mass is 430 g/mol. The second kappa shape index (κ2) is 6.60. The Labute approximate surface area is 153 Å². The van der Waals surface area contributed by atoms with E-state index in [-0.39, 0.29) is 21.6 Å². The summed E-state index contributed by atoms with van der Waals surface area (Å²) in [5.74, 6) is -0.687. The third-order valence-electron chi connectivity index (χ3n) is 3.58. The van der Waals surface area contributed by atoms with Crippen LogP contribution in [0.4, 0.5) is 29.1 Å². The van der Waals surface area contributed by atoms with Crippen LogP contribution >= 0.6 is 15.9 Å². The summed E-state index contributed by atoms with van der Waals surface area (Å²) in [6.45, 7) is 2.80. The zero-order valence-corrected chi connectivity index (χ0v) is 14.6. The number of nitrogens with zero attached hydrogens (tertiary/aromatic N) is 2. The minimum Gasteiger partial charge on any atom is -0.340 e. The fourth-order valence-electron chi connectivity index (χ4n) is 2.45. The fourth-order valence-corrected chi connectivity index (χ4v) is 2.81. The number of carbonyl (C=O) groups is 1. The maximum atomic E-state index is 13.2. The van der Waals surface area contributed by atoms with Crippen molar-refractivity contribution in [3.05, 3.63) is 58.3 Å². The number of anilines is 2. The van der Waals surface area contributed by atoms with Crippen LogP contribution in [0.5, 0.6) is 0 Å². The van der Waals surface area contributed by atoms with Crippen molar-refractivity contribution in [1.29, 1.82) is 0 Å². The molecule has 0 fully saturated rings. The number of alkyl halides is 4. The molecule has 0 saturated heterocycles. The van der Waals surface area contributed by atoms with Crippen LogP contribution in [-0.4, -0.2) is 22.4 Å². The van der Waals surface area contributed by atoms with Crippen molar-refractivity contribution >= 4 is 39.0 Å². The molecule has 0 saturated carbocycles. The lowest BCUT2D eigenvalue weighted by Crippen LogP contribution is -2.19. The van der Waals surface area contributed by atoms with Gasteiger partial charge in [0.2, 0.25) is 0 Å². The van der Waals surface area contributed by atoms with Gasteiger partial charge in [-0.3, -0.25) is 4.79 Å². The third kappa shape index (κ3) is 3.36. The Bertz CT molecular complexity index is 933. The lowest BCUT2D eigenvalue weighted by Gasteiger charge is -2.19. The highest BCUT2D eigenvalue weighted by molar-refractivity contribution is 9.10. The van der Waals surface area contributed by atoms with Crippen LogP contribution in [0.3, 0.4) is 0 Å². The molecule has 2 aromatic rings. The quantitative estimate of drug-likeness (QED) is 0.695. The summed E-state index contributed by atoms with van der Waals surface area (Å²) in [7, 11) is 0. The molecular weight excluding hydrogens is 420 g/mol. The number of hydrogen-bond donors (Lipinski definition) is 2. The van der Waals surface area contributed by atoms with Gasteiger partial charge < -0.3 is 10.6 Å². The molecule has 0 aliphatic carbocycles. The highest BCUT2D eigenvalue weighted by Crippen LogP contribution is 2.37. The Morgan fingerprint density at radius 3 is 2.77 bits per heavy atom. The fraction of sp³-hybridized carbons (Fsp3) is 0.125. The summed E-state index contributed by atoms with van der Waals surface area (Å²) in [6, 6.07) is 3.38. The Morgan fingerprint density at radius 2 is 2.12 bits per heavy atom. The van der Waals surface area contributed by atoms with Crippen LogP contribution in [0.15, 0.2) is 47.2 Å². The van der Waals surface area contributed by atoms with Gasteiger partial charge in [0.05, 0.1) is 23.1 Å². The number of hydrogen-bond acceptors (Lipinski definition) is 3. The number of benzene rings is 1. The number of nitrogens with one attached hydrogen (secondary N) is 2. The first-order chi connectivity index (χ1) is 12.2. The van der Waals surface area contributed by atoms with Crippen molar-refractivity contribution in [2.24, 2.45) is 0 Å². The van der Waals surface area contributed by atoms with Crippen molar-refractivity contribution in [1.82, 2.24) is 9.78 Å². The molecule has 136 valence electrons. The van der Waals surface area contributed by atoms with Crippen molar-refractivity contribution < 1.29 is 22.4 Å². The molecule has 5 nitrogen and oxygen atoms in total. The molecule has 0 unspecified atom stereocenters. The molecule has 0 atom stereocenters. The summed E-state index contributed by atoms with van der Waals surface area (Å²) in [5.41, 5.74) is -0.951. The summed E-state index contributed by atoms with van der Waals surface area (Å²) in [4.78, 5) is 12.5. The number of rotatable bonds is 3. The average molecular weight is 431 g/mol. The predicted molar refractivity (Wildman–Crippen MR) is 92.3 cm³/mol. The Morgan fingerprint density at radius 1 is 1.38 bits per heavy atom. The first kappa shape index (κ1) is 18.2. The molecule has 2 heterocycles. The van der Waals surface area contributed by atoms with Gasteiger partial charge in [0.25, 0.3) is 5.91 Å². The van der Waals surface area contributed by atoms with Gasteiger partial charge in [-0.2, -0.15) is 18.3 Å². The minimum absolute atomic E-state index is 0.0405. The molecule has 0 bridgehead atoms. The van der Waals surface area contributed by atoms with E-state index in [0.717, 1.165) is 23.0 Å². The van der Waals surface area contributed by atoms with E-state index in [1.807, 2.05) is 0 Å². The zero-order valence-electron chi connectivity index (χ0n) is 13.0. The SMILES string of the molecule is C=C1C=C(CF)n2ncc(C(=O)Nc3ccc(Br)cc3C(F)(F)F)c2N1. The van der Waals surface area contributed by atoms with Gasteiger partial charge in [-0.05, 0) is 24.3 Å². The smallest absolute Gasteiger partial charge is 0.340 e. The standard InChI is InChI=1S/C16H11BrF4N4O/c1-8-4-10(6-18)25-14(23-8)11(7-22-25)15(26)24-13-3-2-9(17)5-12(13)16(19,20)21/h2-5,7,23H,1,6H2,(H,24,26). The van der Waals surface area contributed by atoms with Gasteiger partial charge in [-0.1, -0.05) is 22.5 Å². The lowest BCUT2D eigenvalue weighted by atomic mass is 10.1. The van der Waals surface area contributed by atoms with Crippen LogP contribution in [0.25, 0.3) is 5.70 Å². The first-order valence-electron chi connectivity index (χ1n) is 7.19. The molecule has 10 heteroatoms. The maximum Gasteiger partial charge on any atom is 0.418 e. The molecule has 1 aliphatic heterocycles. The third-order valence-corrected chi connectivity index (χ3v) is 4.07. The summed E-state index contributed by atoms with van der Waals surface area (Å²) >= 11 is 2.98. The lowest BCUT2D eigenvalue weighted by molar-refractivity contribution is -0.136. The number of allylic oxidation sites excluding steroid dienone is 2. The van der Waals surface area contributed by atoms with Gasteiger partial charge >= 0.3 is 6.18 Å². The van der Waals surface area contributed by atoms with Crippen LogP contribution in [0.2, 0.25) is 0 Å². The van der Waals surface area contributed by atoms with E-state index < -0.39 is 30.0 Å². The molecule has 1 amide bonds. The Kier molecular flexibility index (Phi) is 4.61. The molecule has 1 aliphatic rings. The van der Waals surface area contributed by atoms with Crippen LogP contribution in [-0.2, 0) is 6.18 Å².